The molecule has 1 aliphatic carbocycles. The van der Waals surface area contributed by atoms with Crippen molar-refractivity contribution >= 4 is 0 Å². The largest absolute Gasteiger partial charge is 0.0628 e. The SMILES string of the molecule is CC(C)CCCC1CC1CC(C)(C)C. The van der Waals surface area contributed by atoms with E-state index in [-0.39, 0.29) is 0 Å². The van der Waals surface area contributed by atoms with Gasteiger partial charge in [0.25, 0.3) is 0 Å². The number of hydrogen-bond donors (Lipinski definition) is 0. The van der Waals surface area contributed by atoms with Gasteiger partial charge in [0.05, 0.1) is 0 Å². The van der Waals surface area contributed by atoms with E-state index in [4.69, 9.17) is 0 Å². The zero-order valence-corrected chi connectivity index (χ0v) is 10.8. The van der Waals surface area contributed by atoms with Gasteiger partial charge in [0.1, 0.15) is 0 Å². The Morgan fingerprint density at radius 3 is 2.29 bits per heavy atom. The Hall–Kier alpha value is 0. The Balaban J connectivity index is 2.03. The second-order valence-electron chi connectivity index (χ2n) is 6.85. The Bertz CT molecular complexity index is 161. The molecule has 0 aromatic carbocycles. The minimum Gasteiger partial charge on any atom is -0.0628 e. The zero-order chi connectivity index (χ0) is 10.8. The summed E-state index contributed by atoms with van der Waals surface area (Å²) >= 11 is 0. The fraction of sp³-hybridized carbons (Fsp3) is 1.00. The van der Waals surface area contributed by atoms with Crippen molar-refractivity contribution in [2.45, 2.75) is 66.7 Å². The predicted octanol–water partition coefficient (Wildman–Crippen LogP) is 4.89. The van der Waals surface area contributed by atoms with Gasteiger partial charge in [-0.1, -0.05) is 53.9 Å². The van der Waals surface area contributed by atoms with Crippen LogP contribution in [0.15, 0.2) is 0 Å². The predicted molar refractivity (Wildman–Crippen MR) is 64.4 cm³/mol. The Morgan fingerprint density at radius 2 is 1.79 bits per heavy atom. The van der Waals surface area contributed by atoms with Crippen LogP contribution in [-0.2, 0) is 0 Å². The van der Waals surface area contributed by atoms with Crippen LogP contribution in [-0.4, -0.2) is 0 Å². The smallest absolute Gasteiger partial charge is 0.0378 e. The first-order valence-corrected chi connectivity index (χ1v) is 6.38. The fourth-order valence-corrected chi connectivity index (χ4v) is 2.49. The van der Waals surface area contributed by atoms with Crippen molar-refractivity contribution in [2.24, 2.45) is 23.2 Å². The summed E-state index contributed by atoms with van der Waals surface area (Å²) in [6.07, 6.45) is 7.36. The molecule has 1 saturated carbocycles. The Morgan fingerprint density at radius 1 is 1.14 bits per heavy atom. The lowest BCUT2D eigenvalue weighted by molar-refractivity contribution is 0.340. The van der Waals surface area contributed by atoms with Gasteiger partial charge in [0.15, 0.2) is 0 Å². The Kier molecular flexibility index (Phi) is 4.04. The van der Waals surface area contributed by atoms with E-state index in [1.165, 1.54) is 32.1 Å². The van der Waals surface area contributed by atoms with E-state index in [0.717, 1.165) is 17.8 Å². The topological polar surface area (TPSA) is 0 Å². The maximum absolute atomic E-state index is 2.37. The molecule has 84 valence electrons. The lowest BCUT2D eigenvalue weighted by Crippen LogP contribution is -2.06. The average Bonchev–Trinajstić information content (AvgIpc) is 2.63. The molecule has 0 amide bonds. The molecular weight excluding hydrogens is 168 g/mol. The molecule has 1 rings (SSSR count). The summed E-state index contributed by atoms with van der Waals surface area (Å²) in [5.74, 6) is 3.06. The van der Waals surface area contributed by atoms with Crippen LogP contribution in [0.4, 0.5) is 0 Å². The highest BCUT2D eigenvalue weighted by Crippen LogP contribution is 2.48. The average molecular weight is 196 g/mol. The third-order valence-corrected chi connectivity index (χ3v) is 3.30. The molecule has 0 radical (unpaired) electrons. The molecule has 0 bridgehead atoms. The summed E-state index contributed by atoms with van der Waals surface area (Å²) in [5.41, 5.74) is 0.553. The van der Waals surface area contributed by atoms with Crippen LogP contribution in [0, 0.1) is 23.2 Å². The molecule has 0 nitrogen and oxygen atoms in total. The second-order valence-corrected chi connectivity index (χ2v) is 6.85. The molecule has 0 saturated heterocycles. The van der Waals surface area contributed by atoms with Crippen LogP contribution in [0.1, 0.15) is 66.7 Å². The first kappa shape index (κ1) is 12.1. The van der Waals surface area contributed by atoms with Crippen LogP contribution >= 0.6 is 0 Å². The van der Waals surface area contributed by atoms with Crippen molar-refractivity contribution in [3.8, 4) is 0 Å². The van der Waals surface area contributed by atoms with Gasteiger partial charge in [0, 0.05) is 0 Å². The van der Waals surface area contributed by atoms with Gasteiger partial charge in [-0.2, -0.15) is 0 Å². The first-order valence-electron chi connectivity index (χ1n) is 6.38. The molecule has 0 spiro atoms. The van der Waals surface area contributed by atoms with E-state index in [1.807, 2.05) is 0 Å². The number of hydrogen-bond acceptors (Lipinski definition) is 0. The van der Waals surface area contributed by atoms with Crippen molar-refractivity contribution in [2.75, 3.05) is 0 Å². The molecule has 0 N–H and O–H groups in total. The van der Waals surface area contributed by atoms with Crippen LogP contribution in [0.5, 0.6) is 0 Å². The van der Waals surface area contributed by atoms with Crippen LogP contribution in [0.2, 0.25) is 0 Å². The summed E-state index contributed by atoms with van der Waals surface area (Å²) in [4.78, 5) is 0. The molecule has 0 heteroatoms. The lowest BCUT2D eigenvalue weighted by Gasteiger charge is -2.17. The van der Waals surface area contributed by atoms with Gasteiger partial charge in [-0.25, -0.2) is 0 Å². The molecular formula is C14H28. The lowest BCUT2D eigenvalue weighted by atomic mass is 9.88. The molecule has 0 aliphatic heterocycles. The van der Waals surface area contributed by atoms with Gasteiger partial charge < -0.3 is 0 Å². The maximum atomic E-state index is 2.37. The van der Waals surface area contributed by atoms with Crippen LogP contribution < -0.4 is 0 Å². The van der Waals surface area contributed by atoms with E-state index in [9.17, 15) is 0 Å². The first-order chi connectivity index (χ1) is 6.38. The molecule has 0 aromatic rings. The van der Waals surface area contributed by atoms with Crippen molar-refractivity contribution in [3.63, 3.8) is 0 Å². The van der Waals surface area contributed by atoms with Crippen molar-refractivity contribution in [3.05, 3.63) is 0 Å². The van der Waals surface area contributed by atoms with E-state index >= 15 is 0 Å². The molecule has 1 aliphatic rings. The fourth-order valence-electron chi connectivity index (χ4n) is 2.49. The molecule has 2 unspecified atom stereocenters. The van der Waals surface area contributed by atoms with Crippen molar-refractivity contribution in [1.82, 2.24) is 0 Å². The minimum absolute atomic E-state index is 0.553. The van der Waals surface area contributed by atoms with E-state index in [1.54, 1.807) is 0 Å². The molecule has 1 fully saturated rings. The minimum atomic E-state index is 0.553. The van der Waals surface area contributed by atoms with Gasteiger partial charge >= 0.3 is 0 Å². The third kappa shape index (κ3) is 5.02. The third-order valence-electron chi connectivity index (χ3n) is 3.30. The summed E-state index contributed by atoms with van der Waals surface area (Å²) in [7, 11) is 0. The maximum Gasteiger partial charge on any atom is -0.0378 e. The van der Waals surface area contributed by atoms with Gasteiger partial charge in [-0.05, 0) is 36.0 Å². The molecule has 0 heterocycles. The quantitative estimate of drug-likeness (QED) is 0.587. The molecule has 14 heavy (non-hydrogen) atoms. The van der Waals surface area contributed by atoms with Crippen molar-refractivity contribution in [1.29, 1.82) is 0 Å². The second kappa shape index (κ2) is 4.68. The van der Waals surface area contributed by atoms with E-state index in [2.05, 4.69) is 34.6 Å². The standard InChI is InChI=1S/C14H28/c1-11(2)7-6-8-12-9-13(12)10-14(3,4)5/h11-13H,6-10H2,1-5H3. The highest BCUT2D eigenvalue weighted by atomic mass is 14.4. The van der Waals surface area contributed by atoms with Gasteiger partial charge in [-0.15, -0.1) is 0 Å². The van der Waals surface area contributed by atoms with Crippen LogP contribution in [0.3, 0.4) is 0 Å². The highest BCUT2D eigenvalue weighted by Gasteiger charge is 2.38. The summed E-state index contributed by atoms with van der Waals surface area (Å²) in [6, 6.07) is 0. The molecule has 2 atom stereocenters. The van der Waals surface area contributed by atoms with Crippen LogP contribution in [0.25, 0.3) is 0 Å². The Labute approximate surface area is 90.5 Å². The van der Waals surface area contributed by atoms with Crippen molar-refractivity contribution < 1.29 is 0 Å². The summed E-state index contributed by atoms with van der Waals surface area (Å²) in [5, 5.41) is 0. The summed E-state index contributed by atoms with van der Waals surface area (Å²) in [6.45, 7) is 11.8. The monoisotopic (exact) mass is 196 g/mol. The normalized spacial score (nSPS) is 27.0. The zero-order valence-electron chi connectivity index (χ0n) is 10.8. The molecule has 0 aromatic heterocycles. The van der Waals surface area contributed by atoms with E-state index in [0.29, 0.717) is 5.41 Å². The number of rotatable bonds is 5. The van der Waals surface area contributed by atoms with Gasteiger partial charge in [-0.3, -0.25) is 0 Å². The van der Waals surface area contributed by atoms with Gasteiger partial charge in [0.2, 0.25) is 0 Å². The highest BCUT2D eigenvalue weighted by molar-refractivity contribution is 4.88. The van der Waals surface area contributed by atoms with E-state index < -0.39 is 0 Å². The summed E-state index contributed by atoms with van der Waals surface area (Å²) < 4.78 is 0.